The number of piperidine rings is 1. The Morgan fingerprint density at radius 1 is 0.950 bits per heavy atom. The number of aryl methyl sites for hydroxylation is 4. The summed E-state index contributed by atoms with van der Waals surface area (Å²) >= 11 is 1.69. The first-order valence-corrected chi connectivity index (χ1v) is 19.9. The van der Waals surface area contributed by atoms with Crippen LogP contribution in [0.3, 0.4) is 0 Å². The van der Waals surface area contributed by atoms with Crippen LogP contribution in [-0.4, -0.2) is 94.1 Å². The van der Waals surface area contributed by atoms with Crippen LogP contribution in [-0.2, 0) is 46.0 Å². The average molecular weight is 909 g/mol. The third-order valence-electron chi connectivity index (χ3n) is 8.03. The highest BCUT2D eigenvalue weighted by Gasteiger charge is 2.39. The third kappa shape index (κ3) is 18.2. The molecular weight excluding hydrogens is 868 g/mol. The average Bonchev–Trinajstić information content (AvgIpc) is 3.79. The molecule has 3 heterocycles. The van der Waals surface area contributed by atoms with E-state index in [1.165, 1.54) is 11.3 Å². The maximum Gasteiger partial charge on any atom is 0.490 e. The Balaban J connectivity index is 0.000000462. The Kier molecular flexibility index (Phi) is 19.9. The molecular formula is C35H41F9N6O8S2. The van der Waals surface area contributed by atoms with Crippen LogP contribution in [0.1, 0.15) is 42.6 Å². The molecule has 0 unspecified atom stereocenters. The number of thiazole rings is 1. The van der Waals surface area contributed by atoms with Crippen LogP contribution in [0.4, 0.5) is 39.5 Å². The standard InChI is InChI=1S/C30H39N6OS.2C2HF3O2.CHF3O3S/c1-35-27(9-5-6-16-31)20-36(34-35)26-12-13-28(29(19-26)37-21-24-14-17-32-18-15-24)30-33-25(22-38-30)11-10-23-7-3-2-4-8-23;2*3-2(4,5)1(6)7;2-1(3,4)8(5,6)7/h2-4,7-8,12-13,19-20,22,24,32H,5-6,9-11,14-18,21,31H2,1H3;2*(H,6,7);(H,5,6,7)/q+1;;;/p-1. The molecule has 14 nitrogen and oxygen atoms in total. The molecule has 1 fully saturated rings. The van der Waals surface area contributed by atoms with E-state index in [4.69, 9.17) is 53.4 Å². The Morgan fingerprint density at radius 2 is 1.52 bits per heavy atom. The summed E-state index contributed by atoms with van der Waals surface area (Å²) in [5.74, 6) is -4.06. The molecule has 1 aliphatic rings. The van der Waals surface area contributed by atoms with Gasteiger partial charge in [-0.2, -0.15) is 39.5 Å². The van der Waals surface area contributed by atoms with Crippen LogP contribution in [0.5, 0.6) is 5.75 Å². The van der Waals surface area contributed by atoms with E-state index in [1.54, 1.807) is 11.3 Å². The summed E-state index contributed by atoms with van der Waals surface area (Å²) in [4.78, 5) is 22.8. The zero-order chi connectivity index (χ0) is 45.3. The van der Waals surface area contributed by atoms with E-state index in [0.29, 0.717) is 5.92 Å². The highest BCUT2D eigenvalue weighted by atomic mass is 32.2. The molecule has 1 aliphatic heterocycles. The molecule has 5 rings (SSSR count). The van der Waals surface area contributed by atoms with E-state index in [1.807, 2.05) is 16.4 Å². The number of nitrogens with zero attached hydrogens (tertiary/aromatic N) is 4. The summed E-state index contributed by atoms with van der Waals surface area (Å²) in [6.45, 7) is 3.58. The van der Waals surface area contributed by atoms with Crippen molar-refractivity contribution in [3.8, 4) is 22.0 Å². The minimum absolute atomic E-state index is 0.571. The van der Waals surface area contributed by atoms with E-state index in [2.05, 4.69) is 65.4 Å². The van der Waals surface area contributed by atoms with Crippen molar-refractivity contribution in [3.63, 3.8) is 0 Å². The number of carboxylic acids is 2. The first-order valence-electron chi connectivity index (χ1n) is 17.6. The minimum Gasteiger partial charge on any atom is -0.741 e. The van der Waals surface area contributed by atoms with Gasteiger partial charge in [-0.15, -0.1) is 20.7 Å². The van der Waals surface area contributed by atoms with Crippen molar-refractivity contribution in [3.05, 3.63) is 77.1 Å². The number of aromatic nitrogens is 4. The fourth-order valence-electron chi connectivity index (χ4n) is 4.92. The molecule has 25 heteroatoms. The van der Waals surface area contributed by atoms with Crippen LogP contribution in [0, 0.1) is 5.92 Å². The van der Waals surface area contributed by atoms with Crippen molar-refractivity contribution in [2.75, 3.05) is 26.2 Å². The molecule has 2 aromatic carbocycles. The first-order chi connectivity index (χ1) is 27.8. The zero-order valence-corrected chi connectivity index (χ0v) is 33.2. The molecule has 1 saturated heterocycles. The first kappa shape index (κ1) is 51.3. The lowest BCUT2D eigenvalue weighted by Crippen LogP contribution is -2.33. The molecule has 0 bridgehead atoms. The van der Waals surface area contributed by atoms with Crippen LogP contribution >= 0.6 is 11.3 Å². The summed E-state index contributed by atoms with van der Waals surface area (Å²) in [7, 11) is -4.09. The Hall–Kier alpha value is -4.85. The molecule has 4 aromatic rings. The lowest BCUT2D eigenvalue weighted by molar-refractivity contribution is -0.661. The molecule has 0 saturated carbocycles. The number of hydrogen-bond donors (Lipinski definition) is 4. The van der Waals surface area contributed by atoms with Crippen LogP contribution in [0.2, 0.25) is 0 Å². The number of benzene rings is 2. The number of nitrogens with two attached hydrogens (primary N) is 1. The number of alkyl halides is 9. The van der Waals surface area contributed by atoms with E-state index in [-0.39, 0.29) is 0 Å². The molecule has 334 valence electrons. The summed E-state index contributed by atoms with van der Waals surface area (Å²) in [5.41, 5.74) is 5.75. The molecule has 0 radical (unpaired) electrons. The van der Waals surface area contributed by atoms with E-state index in [9.17, 15) is 39.5 Å². The fourth-order valence-corrected chi connectivity index (χ4v) is 5.81. The van der Waals surface area contributed by atoms with Gasteiger partial charge in [-0.1, -0.05) is 30.3 Å². The Bertz CT molecular complexity index is 2030. The van der Waals surface area contributed by atoms with Crippen molar-refractivity contribution in [2.24, 2.45) is 18.7 Å². The van der Waals surface area contributed by atoms with Gasteiger partial charge < -0.3 is 30.6 Å². The zero-order valence-electron chi connectivity index (χ0n) is 31.6. The number of rotatable bonds is 12. The van der Waals surface area contributed by atoms with Gasteiger partial charge in [-0.05, 0) is 81.8 Å². The SMILES string of the molecule is Cn1n[n+](-c2ccc(-c3nc(CCc4ccccc4)cs3)c(OCC3CCNCC3)c2)cc1CCCCN.O=C(O)C(F)(F)F.O=C(O)C(F)(F)F.O=S(=O)([O-])C(F)(F)F. The van der Waals surface area contributed by atoms with Gasteiger partial charge in [0.1, 0.15) is 17.8 Å². The van der Waals surface area contributed by atoms with Gasteiger partial charge in [0.25, 0.3) is 0 Å². The minimum atomic E-state index is -6.09. The highest BCUT2D eigenvalue weighted by molar-refractivity contribution is 7.86. The van der Waals surface area contributed by atoms with Gasteiger partial charge in [0, 0.05) is 17.9 Å². The monoisotopic (exact) mass is 908 g/mol. The smallest absolute Gasteiger partial charge is 0.490 e. The van der Waals surface area contributed by atoms with Gasteiger partial charge in [0.2, 0.25) is 0 Å². The summed E-state index contributed by atoms with van der Waals surface area (Å²) in [6.07, 6.45) is -0.768. The second kappa shape index (κ2) is 23.2. The van der Waals surface area contributed by atoms with Crippen molar-refractivity contribution < 1.29 is 81.7 Å². The van der Waals surface area contributed by atoms with E-state index < -0.39 is 39.9 Å². The van der Waals surface area contributed by atoms with Crippen LogP contribution in [0.25, 0.3) is 16.3 Å². The van der Waals surface area contributed by atoms with Crippen molar-refractivity contribution in [1.29, 1.82) is 0 Å². The van der Waals surface area contributed by atoms with Crippen molar-refractivity contribution in [2.45, 2.75) is 62.8 Å². The second-order valence-electron chi connectivity index (χ2n) is 12.6. The topological polar surface area (TPSA) is 214 Å². The molecule has 2 aromatic heterocycles. The van der Waals surface area contributed by atoms with Gasteiger partial charge >= 0.3 is 29.8 Å². The molecule has 60 heavy (non-hydrogen) atoms. The molecule has 0 amide bonds. The number of unbranched alkanes of at least 4 members (excludes halogenated alkanes) is 1. The van der Waals surface area contributed by atoms with E-state index in [0.717, 1.165) is 98.9 Å². The predicted octanol–water partition coefficient (Wildman–Crippen LogP) is 5.58. The molecule has 5 N–H and O–H groups in total. The molecule has 0 aliphatic carbocycles. The number of hydrogen-bond acceptors (Lipinski definition) is 11. The number of nitrogens with one attached hydrogen (secondary N) is 1. The second-order valence-corrected chi connectivity index (χ2v) is 14.9. The Labute approximate surface area is 341 Å². The van der Waals surface area contributed by atoms with Crippen LogP contribution in [0.15, 0.2) is 60.1 Å². The summed E-state index contributed by atoms with van der Waals surface area (Å²) < 4.78 is 133. The van der Waals surface area contributed by atoms with Crippen LogP contribution < -0.4 is 20.5 Å². The molecule has 0 atom stereocenters. The van der Waals surface area contributed by atoms with Crippen molar-refractivity contribution >= 4 is 33.4 Å². The van der Waals surface area contributed by atoms with E-state index >= 15 is 0 Å². The number of halogens is 9. The summed E-state index contributed by atoms with van der Waals surface area (Å²) in [5, 5.41) is 25.6. The third-order valence-corrected chi connectivity index (χ3v) is 9.52. The van der Waals surface area contributed by atoms with Crippen molar-refractivity contribution in [1.82, 2.24) is 20.2 Å². The lowest BCUT2D eigenvalue weighted by atomic mass is 9.99. The van der Waals surface area contributed by atoms with Gasteiger partial charge in [0.05, 0.1) is 23.1 Å². The number of carbonyl (C=O) groups is 2. The largest absolute Gasteiger partial charge is 0.741 e. The number of ether oxygens (including phenoxy) is 1. The lowest BCUT2D eigenvalue weighted by Gasteiger charge is -2.23. The van der Waals surface area contributed by atoms with Gasteiger partial charge in [-0.3, -0.25) is 0 Å². The predicted molar refractivity (Wildman–Crippen MR) is 196 cm³/mol. The molecule has 0 spiro atoms. The van der Waals surface area contributed by atoms with Gasteiger partial charge in [0.15, 0.2) is 27.7 Å². The van der Waals surface area contributed by atoms with Gasteiger partial charge in [-0.25, -0.2) is 23.0 Å². The maximum atomic E-state index is 10.7. The quantitative estimate of drug-likeness (QED) is 0.0451. The maximum absolute atomic E-state index is 10.7. The number of aliphatic carboxylic acids is 2. The highest BCUT2D eigenvalue weighted by Crippen LogP contribution is 2.34. The Morgan fingerprint density at radius 3 is 2.03 bits per heavy atom. The normalized spacial score (nSPS) is 13.5. The number of carboxylic acid groups (broad SMARTS) is 2. The summed E-state index contributed by atoms with van der Waals surface area (Å²) in [6, 6.07) is 17.0. The fraction of sp³-hybridized carbons (Fsp3) is 0.457.